The number of anilines is 1. The van der Waals surface area contributed by atoms with Crippen molar-refractivity contribution in [2.24, 2.45) is 5.92 Å². The van der Waals surface area contributed by atoms with Gasteiger partial charge in [0.15, 0.2) is 11.3 Å². The van der Waals surface area contributed by atoms with E-state index in [0.717, 1.165) is 5.56 Å². The summed E-state index contributed by atoms with van der Waals surface area (Å²) in [7, 11) is 0. The molecule has 0 radical (unpaired) electrons. The number of aromatic hydroxyl groups is 1. The quantitative estimate of drug-likeness (QED) is 0.504. The normalized spacial score (nSPS) is 20.6. The van der Waals surface area contributed by atoms with E-state index in [2.05, 4.69) is 5.32 Å². The number of fused-ring (bicyclic) bond motifs is 1. The zero-order chi connectivity index (χ0) is 15.0. The van der Waals surface area contributed by atoms with Gasteiger partial charge in [-0.25, -0.2) is 4.79 Å². The zero-order valence-corrected chi connectivity index (χ0v) is 12.0. The van der Waals surface area contributed by atoms with E-state index in [1.807, 2.05) is 44.2 Å². The van der Waals surface area contributed by atoms with Crippen LogP contribution in [0, 0.1) is 5.92 Å². The first-order valence-corrected chi connectivity index (χ1v) is 6.93. The molecule has 0 bridgehead atoms. The summed E-state index contributed by atoms with van der Waals surface area (Å²) in [5, 5.41) is 13.3. The van der Waals surface area contributed by atoms with E-state index in [0.29, 0.717) is 11.4 Å². The molecule has 2 aromatic carbocycles. The van der Waals surface area contributed by atoms with E-state index >= 15 is 0 Å². The Bertz CT molecular complexity index is 682. The smallest absolute Gasteiger partial charge is 0.342 e. The summed E-state index contributed by atoms with van der Waals surface area (Å²) >= 11 is 0. The minimum atomic E-state index is -1.01. The van der Waals surface area contributed by atoms with Gasteiger partial charge >= 0.3 is 5.97 Å². The fraction of sp³-hybridized carbons (Fsp3) is 0.235. The van der Waals surface area contributed by atoms with Gasteiger partial charge in [0.1, 0.15) is 11.4 Å². The standard InChI is InChI=1S/C17H17NO3/c1-11(2)17(12-7-4-3-5-8-12)16(20)21-14-10-6-9-13(19)15(14)18-17/h3-11,18-19H,1-2H3. The highest BCUT2D eigenvalue weighted by molar-refractivity contribution is 5.93. The largest absolute Gasteiger partial charge is 0.506 e. The van der Waals surface area contributed by atoms with Gasteiger partial charge in [-0.15, -0.1) is 0 Å². The van der Waals surface area contributed by atoms with E-state index < -0.39 is 5.54 Å². The van der Waals surface area contributed by atoms with Crippen LogP contribution in [0.5, 0.6) is 11.5 Å². The lowest BCUT2D eigenvalue weighted by Crippen LogP contribution is -2.52. The Morgan fingerprint density at radius 1 is 1.10 bits per heavy atom. The minimum absolute atomic E-state index is 0.0554. The highest BCUT2D eigenvalue weighted by Crippen LogP contribution is 2.45. The van der Waals surface area contributed by atoms with Crippen molar-refractivity contribution in [3.05, 3.63) is 54.1 Å². The molecular formula is C17H17NO3. The van der Waals surface area contributed by atoms with Crippen molar-refractivity contribution in [2.75, 3.05) is 5.32 Å². The monoisotopic (exact) mass is 283 g/mol. The molecule has 0 aliphatic carbocycles. The lowest BCUT2D eigenvalue weighted by molar-refractivity contribution is -0.142. The van der Waals surface area contributed by atoms with Crippen molar-refractivity contribution in [3.63, 3.8) is 0 Å². The summed E-state index contributed by atoms with van der Waals surface area (Å²) in [6.45, 7) is 3.90. The number of phenolic OH excluding ortho intramolecular Hbond substituents is 1. The second-order valence-corrected chi connectivity index (χ2v) is 5.49. The molecule has 1 aliphatic rings. The summed E-state index contributed by atoms with van der Waals surface area (Å²) in [4.78, 5) is 12.7. The van der Waals surface area contributed by atoms with Crippen molar-refractivity contribution < 1.29 is 14.6 Å². The Kier molecular flexibility index (Phi) is 3.09. The van der Waals surface area contributed by atoms with Crippen LogP contribution in [0.4, 0.5) is 5.69 Å². The number of ether oxygens (including phenoxy) is 1. The molecule has 0 spiro atoms. The Labute approximate surface area is 123 Å². The van der Waals surface area contributed by atoms with E-state index in [-0.39, 0.29) is 17.6 Å². The van der Waals surface area contributed by atoms with Crippen LogP contribution >= 0.6 is 0 Å². The summed E-state index contributed by atoms with van der Waals surface area (Å²) in [5.41, 5.74) is 0.265. The molecule has 3 rings (SSSR count). The van der Waals surface area contributed by atoms with Crippen molar-refractivity contribution in [3.8, 4) is 11.5 Å². The fourth-order valence-electron chi connectivity index (χ4n) is 2.76. The maximum absolute atomic E-state index is 12.7. The number of carbonyl (C=O) groups is 1. The highest BCUT2D eigenvalue weighted by Gasteiger charge is 2.48. The molecule has 4 nitrogen and oxygen atoms in total. The number of benzene rings is 2. The van der Waals surface area contributed by atoms with E-state index in [9.17, 15) is 9.90 Å². The second kappa shape index (κ2) is 4.81. The molecule has 0 saturated carbocycles. The molecule has 21 heavy (non-hydrogen) atoms. The third-order valence-corrected chi connectivity index (χ3v) is 3.95. The van der Waals surface area contributed by atoms with Gasteiger partial charge in [0.25, 0.3) is 0 Å². The number of esters is 1. The van der Waals surface area contributed by atoms with Gasteiger partial charge in [0.05, 0.1) is 0 Å². The molecule has 0 fully saturated rings. The Morgan fingerprint density at radius 2 is 1.81 bits per heavy atom. The predicted octanol–water partition coefficient (Wildman–Crippen LogP) is 3.27. The average Bonchev–Trinajstić information content (AvgIpc) is 2.47. The van der Waals surface area contributed by atoms with Gasteiger partial charge < -0.3 is 15.2 Å². The molecule has 1 unspecified atom stereocenters. The first-order valence-electron chi connectivity index (χ1n) is 6.93. The van der Waals surface area contributed by atoms with Crippen molar-refractivity contribution in [2.45, 2.75) is 19.4 Å². The number of carbonyl (C=O) groups excluding carboxylic acids is 1. The molecule has 1 aliphatic heterocycles. The SMILES string of the molecule is CC(C)C1(c2ccccc2)Nc2c(O)cccc2OC1=O. The predicted molar refractivity (Wildman–Crippen MR) is 80.3 cm³/mol. The molecule has 0 amide bonds. The Balaban J connectivity index is 2.19. The van der Waals surface area contributed by atoms with Crippen molar-refractivity contribution in [1.82, 2.24) is 0 Å². The third-order valence-electron chi connectivity index (χ3n) is 3.95. The van der Waals surface area contributed by atoms with Gasteiger partial charge in [-0.3, -0.25) is 0 Å². The Morgan fingerprint density at radius 3 is 2.48 bits per heavy atom. The van der Waals surface area contributed by atoms with Crippen LogP contribution < -0.4 is 10.1 Å². The number of rotatable bonds is 2. The number of hydrogen-bond acceptors (Lipinski definition) is 4. The summed E-state index contributed by atoms with van der Waals surface area (Å²) in [6.07, 6.45) is 0. The van der Waals surface area contributed by atoms with Crippen molar-refractivity contribution in [1.29, 1.82) is 0 Å². The minimum Gasteiger partial charge on any atom is -0.506 e. The second-order valence-electron chi connectivity index (χ2n) is 5.49. The lowest BCUT2D eigenvalue weighted by Gasteiger charge is -2.40. The van der Waals surface area contributed by atoms with Crippen LogP contribution in [0.3, 0.4) is 0 Å². The van der Waals surface area contributed by atoms with Gasteiger partial charge in [0.2, 0.25) is 0 Å². The molecule has 1 heterocycles. The first-order chi connectivity index (χ1) is 10.1. The molecule has 2 aromatic rings. The first kappa shape index (κ1) is 13.5. The number of hydrogen-bond donors (Lipinski definition) is 2. The van der Waals surface area contributed by atoms with E-state index in [4.69, 9.17) is 4.74 Å². The van der Waals surface area contributed by atoms with Crippen LogP contribution in [-0.2, 0) is 10.3 Å². The molecule has 0 saturated heterocycles. The Hall–Kier alpha value is -2.49. The van der Waals surface area contributed by atoms with Crippen LogP contribution in [0.15, 0.2) is 48.5 Å². The summed E-state index contributed by atoms with van der Waals surface area (Å²) < 4.78 is 5.48. The third kappa shape index (κ3) is 1.95. The molecule has 0 aromatic heterocycles. The van der Waals surface area contributed by atoms with Crippen LogP contribution in [-0.4, -0.2) is 11.1 Å². The maximum Gasteiger partial charge on any atom is 0.342 e. The lowest BCUT2D eigenvalue weighted by atomic mass is 9.78. The highest BCUT2D eigenvalue weighted by atomic mass is 16.5. The van der Waals surface area contributed by atoms with Gasteiger partial charge in [-0.05, 0) is 23.6 Å². The number of nitrogens with one attached hydrogen (secondary N) is 1. The molecule has 2 N–H and O–H groups in total. The summed E-state index contributed by atoms with van der Waals surface area (Å²) in [5.74, 6) is 0.00937. The van der Waals surface area contributed by atoms with Crippen molar-refractivity contribution >= 4 is 11.7 Å². The summed E-state index contributed by atoms with van der Waals surface area (Å²) in [6, 6.07) is 14.3. The van der Waals surface area contributed by atoms with E-state index in [1.54, 1.807) is 18.2 Å². The zero-order valence-electron chi connectivity index (χ0n) is 12.0. The topological polar surface area (TPSA) is 58.6 Å². The van der Waals surface area contributed by atoms with Gasteiger partial charge in [-0.2, -0.15) is 0 Å². The average molecular weight is 283 g/mol. The van der Waals surface area contributed by atoms with Gasteiger partial charge in [0, 0.05) is 0 Å². The van der Waals surface area contributed by atoms with Crippen LogP contribution in [0.25, 0.3) is 0 Å². The number of para-hydroxylation sites is 1. The molecule has 1 atom stereocenters. The van der Waals surface area contributed by atoms with Crippen LogP contribution in [0.1, 0.15) is 19.4 Å². The fourth-order valence-corrected chi connectivity index (χ4v) is 2.76. The van der Waals surface area contributed by atoms with E-state index in [1.165, 1.54) is 0 Å². The van der Waals surface area contributed by atoms with Gasteiger partial charge in [-0.1, -0.05) is 50.2 Å². The molecule has 108 valence electrons. The molecule has 4 heteroatoms. The van der Waals surface area contributed by atoms with Crippen LogP contribution in [0.2, 0.25) is 0 Å². The maximum atomic E-state index is 12.7. The number of phenols is 1. The molecular weight excluding hydrogens is 266 g/mol.